The molecule has 0 saturated carbocycles. The van der Waals surface area contributed by atoms with Crippen LogP contribution >= 0.6 is 0 Å². The van der Waals surface area contributed by atoms with Crippen molar-refractivity contribution >= 4 is 5.69 Å². The number of fused-ring (bicyclic) bond motifs is 3. The minimum Gasteiger partial charge on any atom is -0.508 e. The van der Waals surface area contributed by atoms with Crippen molar-refractivity contribution in [1.29, 1.82) is 0 Å². The average molecular weight is 292 g/mol. The molecule has 3 aromatic rings. The summed E-state index contributed by atoms with van der Waals surface area (Å²) in [4.78, 5) is 0. The number of nitrogens with one attached hydrogen (secondary N) is 1. The van der Waals surface area contributed by atoms with E-state index in [9.17, 15) is 5.11 Å². The molecule has 1 aromatic heterocycles. The molecule has 2 heterocycles. The molecule has 5 heteroatoms. The third kappa shape index (κ3) is 1.94. The van der Waals surface area contributed by atoms with Gasteiger partial charge in [-0.25, -0.2) is 0 Å². The zero-order valence-corrected chi connectivity index (χ0v) is 12.2. The largest absolute Gasteiger partial charge is 0.508 e. The maximum Gasteiger partial charge on any atom is 0.168 e. The fraction of sp³-hybridized carbons (Fsp3) is 0.176. The van der Waals surface area contributed by atoms with Gasteiger partial charge < -0.3 is 10.4 Å². The van der Waals surface area contributed by atoms with E-state index in [4.69, 9.17) is 0 Å². The predicted molar refractivity (Wildman–Crippen MR) is 85.4 cm³/mol. The van der Waals surface area contributed by atoms with Crippen LogP contribution in [-0.2, 0) is 0 Å². The van der Waals surface area contributed by atoms with Crippen molar-refractivity contribution in [3.05, 3.63) is 54.4 Å². The van der Waals surface area contributed by atoms with Gasteiger partial charge in [-0.1, -0.05) is 37.3 Å². The van der Waals surface area contributed by atoms with E-state index in [2.05, 4.69) is 22.4 Å². The fourth-order valence-corrected chi connectivity index (χ4v) is 2.84. The second-order valence-electron chi connectivity index (χ2n) is 5.57. The van der Waals surface area contributed by atoms with Gasteiger partial charge >= 0.3 is 0 Å². The van der Waals surface area contributed by atoms with Crippen molar-refractivity contribution in [3.63, 3.8) is 0 Å². The molecule has 0 spiro atoms. The summed E-state index contributed by atoms with van der Waals surface area (Å²) in [7, 11) is 0. The van der Waals surface area contributed by atoms with E-state index in [1.54, 1.807) is 12.1 Å². The zero-order valence-electron chi connectivity index (χ0n) is 12.2. The average Bonchev–Trinajstić information content (AvgIpc) is 2.94. The summed E-state index contributed by atoms with van der Waals surface area (Å²) in [5, 5.41) is 22.1. The number of hydrogen-bond donors (Lipinski definition) is 2. The maximum atomic E-state index is 9.89. The molecule has 110 valence electrons. The molecule has 1 aliphatic rings. The van der Waals surface area contributed by atoms with Crippen LogP contribution in [0, 0.1) is 0 Å². The predicted octanol–water partition coefficient (Wildman–Crippen LogP) is 3.17. The summed E-state index contributed by atoms with van der Waals surface area (Å²) in [5.74, 6) is 2.14. The van der Waals surface area contributed by atoms with Gasteiger partial charge in [-0.05, 0) is 12.1 Å². The first-order chi connectivity index (χ1) is 10.7. The molecule has 0 fully saturated rings. The Morgan fingerprint density at radius 2 is 1.95 bits per heavy atom. The Kier molecular flexibility index (Phi) is 2.85. The molecule has 22 heavy (non-hydrogen) atoms. The van der Waals surface area contributed by atoms with Crippen molar-refractivity contribution < 1.29 is 5.11 Å². The number of benzene rings is 2. The number of aromatic hydroxyl groups is 1. The van der Waals surface area contributed by atoms with Crippen LogP contribution < -0.4 is 5.32 Å². The Bertz CT molecular complexity index is 826. The summed E-state index contributed by atoms with van der Waals surface area (Å²) in [6.07, 6.45) is 0. The van der Waals surface area contributed by atoms with Crippen LogP contribution in [0.5, 0.6) is 5.75 Å². The quantitative estimate of drug-likeness (QED) is 0.676. The normalized spacial score (nSPS) is 16.3. The number of rotatable bonds is 1. The highest BCUT2D eigenvalue weighted by atomic mass is 16.3. The zero-order chi connectivity index (χ0) is 15.1. The summed E-state index contributed by atoms with van der Waals surface area (Å²) >= 11 is 0. The monoisotopic (exact) mass is 292 g/mol. The second kappa shape index (κ2) is 4.87. The van der Waals surface area contributed by atoms with Crippen LogP contribution in [0.3, 0.4) is 0 Å². The lowest BCUT2D eigenvalue weighted by atomic mass is 10.1. The second-order valence-corrected chi connectivity index (χ2v) is 5.57. The van der Waals surface area contributed by atoms with Crippen LogP contribution in [0.25, 0.3) is 17.1 Å². The van der Waals surface area contributed by atoms with Crippen molar-refractivity contribution in [1.82, 2.24) is 14.8 Å². The minimum atomic E-state index is 0.222. The Labute approximate surface area is 128 Å². The van der Waals surface area contributed by atoms with Crippen molar-refractivity contribution in [2.45, 2.75) is 12.8 Å². The van der Waals surface area contributed by atoms with Gasteiger partial charge in [0, 0.05) is 24.1 Å². The van der Waals surface area contributed by atoms with Gasteiger partial charge in [0.1, 0.15) is 11.6 Å². The van der Waals surface area contributed by atoms with Crippen LogP contribution in [0.2, 0.25) is 0 Å². The van der Waals surface area contributed by atoms with Crippen molar-refractivity contribution in [3.8, 4) is 22.8 Å². The van der Waals surface area contributed by atoms with Gasteiger partial charge in [0.15, 0.2) is 5.82 Å². The van der Waals surface area contributed by atoms with E-state index in [1.807, 2.05) is 41.0 Å². The topological polar surface area (TPSA) is 63.0 Å². The Morgan fingerprint density at radius 3 is 2.77 bits per heavy atom. The highest BCUT2D eigenvalue weighted by Crippen LogP contribution is 2.34. The molecule has 0 saturated heterocycles. The van der Waals surface area contributed by atoms with E-state index < -0.39 is 0 Å². The number of phenolic OH excluding ortho intramolecular Hbond substituents is 1. The first-order valence-electron chi connectivity index (χ1n) is 7.32. The van der Waals surface area contributed by atoms with Crippen molar-refractivity contribution in [2.24, 2.45) is 0 Å². The summed E-state index contributed by atoms with van der Waals surface area (Å²) in [5.41, 5.74) is 2.85. The first kappa shape index (κ1) is 12.9. The molecule has 0 bridgehead atoms. The van der Waals surface area contributed by atoms with Gasteiger partial charge in [-0.3, -0.25) is 4.57 Å². The molecule has 0 amide bonds. The molecule has 1 atom stereocenters. The van der Waals surface area contributed by atoms with Gasteiger partial charge in [-0.15, -0.1) is 10.2 Å². The third-order valence-corrected chi connectivity index (χ3v) is 3.98. The number of nitrogens with zero attached hydrogens (tertiary/aromatic N) is 3. The minimum absolute atomic E-state index is 0.222. The third-order valence-electron chi connectivity index (χ3n) is 3.98. The van der Waals surface area contributed by atoms with Crippen LogP contribution in [0.15, 0.2) is 48.5 Å². The van der Waals surface area contributed by atoms with E-state index in [1.165, 1.54) is 0 Å². The standard InChI is InChI=1S/C17H16N4O/c1-11-10-18-14-8-7-13(22)9-15(14)21-16(11)19-20-17(21)12-5-3-2-4-6-12/h2-9,11,18,22H,10H2,1H3. The Hall–Kier alpha value is -2.82. The molecule has 4 rings (SSSR count). The number of phenols is 1. The summed E-state index contributed by atoms with van der Waals surface area (Å²) in [6, 6.07) is 15.3. The lowest BCUT2D eigenvalue weighted by molar-refractivity contribution is 0.475. The van der Waals surface area contributed by atoms with Crippen LogP contribution in [0.4, 0.5) is 5.69 Å². The summed E-state index contributed by atoms with van der Waals surface area (Å²) in [6.45, 7) is 2.90. The first-order valence-corrected chi connectivity index (χ1v) is 7.32. The smallest absolute Gasteiger partial charge is 0.168 e. The molecule has 0 radical (unpaired) electrons. The van der Waals surface area contributed by atoms with Gasteiger partial charge in [0.2, 0.25) is 0 Å². The number of anilines is 1. The lowest BCUT2D eigenvalue weighted by Crippen LogP contribution is -2.09. The highest BCUT2D eigenvalue weighted by Gasteiger charge is 2.25. The van der Waals surface area contributed by atoms with Crippen LogP contribution in [0.1, 0.15) is 18.7 Å². The molecule has 1 aliphatic heterocycles. The van der Waals surface area contributed by atoms with Gasteiger partial charge in [0.05, 0.1) is 11.4 Å². The van der Waals surface area contributed by atoms with E-state index in [0.29, 0.717) is 0 Å². The molecular formula is C17H16N4O. The Balaban J connectivity index is 2.01. The number of hydrogen-bond acceptors (Lipinski definition) is 4. The van der Waals surface area contributed by atoms with Gasteiger partial charge in [0.25, 0.3) is 0 Å². The lowest BCUT2D eigenvalue weighted by Gasteiger charge is -2.12. The molecule has 0 aliphatic carbocycles. The molecule has 1 unspecified atom stereocenters. The number of aromatic nitrogens is 3. The summed E-state index contributed by atoms with van der Waals surface area (Å²) < 4.78 is 2.04. The van der Waals surface area contributed by atoms with E-state index in [0.717, 1.165) is 35.1 Å². The van der Waals surface area contributed by atoms with Crippen LogP contribution in [-0.4, -0.2) is 26.4 Å². The fourth-order valence-electron chi connectivity index (χ4n) is 2.84. The van der Waals surface area contributed by atoms with E-state index in [-0.39, 0.29) is 11.7 Å². The van der Waals surface area contributed by atoms with Gasteiger partial charge in [-0.2, -0.15) is 0 Å². The maximum absolute atomic E-state index is 9.89. The molecule has 5 nitrogen and oxygen atoms in total. The van der Waals surface area contributed by atoms with E-state index >= 15 is 0 Å². The van der Waals surface area contributed by atoms with Crippen molar-refractivity contribution in [2.75, 3.05) is 11.9 Å². The molecule has 2 N–H and O–H groups in total. The Morgan fingerprint density at radius 1 is 1.14 bits per heavy atom. The SMILES string of the molecule is CC1CNc2ccc(O)cc2-n2c(-c3ccccc3)nnc21. The molecule has 2 aromatic carbocycles. The molecular weight excluding hydrogens is 276 g/mol. The highest BCUT2D eigenvalue weighted by molar-refractivity contribution is 5.69.